The van der Waals surface area contributed by atoms with Gasteiger partial charge in [-0.2, -0.15) is 0 Å². The van der Waals surface area contributed by atoms with Crippen molar-refractivity contribution in [3.63, 3.8) is 0 Å². The van der Waals surface area contributed by atoms with Gasteiger partial charge >= 0.3 is 0 Å². The van der Waals surface area contributed by atoms with Crippen LogP contribution in [-0.4, -0.2) is 31.6 Å². The van der Waals surface area contributed by atoms with E-state index in [4.69, 9.17) is 0 Å². The molecule has 0 bridgehead atoms. The van der Waals surface area contributed by atoms with E-state index in [2.05, 4.69) is 38.3 Å². The predicted molar refractivity (Wildman–Crippen MR) is 59.2 cm³/mol. The minimum absolute atomic E-state index is 0.964. The smallest absolute Gasteiger partial charge is 0.0169 e. The van der Waals surface area contributed by atoms with Gasteiger partial charge in [0.2, 0.25) is 0 Å². The van der Waals surface area contributed by atoms with E-state index in [-0.39, 0.29) is 0 Å². The molecule has 0 aromatic heterocycles. The van der Waals surface area contributed by atoms with E-state index in [1.807, 2.05) is 0 Å². The van der Waals surface area contributed by atoms with Crippen LogP contribution in [0.15, 0.2) is 0 Å². The molecule has 70 valence electrons. The second kappa shape index (κ2) is 3.80. The zero-order valence-corrected chi connectivity index (χ0v) is 9.75. The molecule has 12 heavy (non-hydrogen) atoms. The average Bonchev–Trinajstić information content (AvgIpc) is 2.44. The van der Waals surface area contributed by atoms with Gasteiger partial charge in [-0.3, -0.25) is 3.53 Å². The first-order valence-electron chi connectivity index (χ1n) is 4.81. The van der Waals surface area contributed by atoms with E-state index < -0.39 is 0 Å². The van der Waals surface area contributed by atoms with Crippen molar-refractivity contribution < 1.29 is 0 Å². The van der Waals surface area contributed by atoms with Gasteiger partial charge in [0.25, 0.3) is 0 Å². The van der Waals surface area contributed by atoms with E-state index in [0.717, 1.165) is 17.8 Å². The highest BCUT2D eigenvalue weighted by Gasteiger charge is 2.38. The third-order valence-electron chi connectivity index (χ3n) is 3.40. The normalized spacial score (nSPS) is 42.0. The number of hydrogen-bond donors (Lipinski definition) is 1. The molecule has 2 unspecified atom stereocenters. The Labute approximate surface area is 88.6 Å². The molecule has 0 aromatic carbocycles. The number of rotatable bonds is 2. The first-order chi connectivity index (χ1) is 5.79. The summed E-state index contributed by atoms with van der Waals surface area (Å²) >= 11 is 2.27. The van der Waals surface area contributed by atoms with Crippen LogP contribution in [0.25, 0.3) is 0 Å². The summed E-state index contributed by atoms with van der Waals surface area (Å²) in [5, 5.41) is 0. The minimum atomic E-state index is 0.964. The Morgan fingerprint density at radius 3 is 2.42 bits per heavy atom. The molecular weight excluding hydrogens is 263 g/mol. The van der Waals surface area contributed by atoms with Crippen LogP contribution in [0.5, 0.6) is 0 Å². The molecule has 1 aliphatic heterocycles. The zero-order valence-electron chi connectivity index (χ0n) is 7.59. The number of fused-ring (bicyclic) bond motifs is 1. The highest BCUT2D eigenvalue weighted by Crippen LogP contribution is 2.40. The van der Waals surface area contributed by atoms with Crippen LogP contribution in [0.1, 0.15) is 12.8 Å². The summed E-state index contributed by atoms with van der Waals surface area (Å²) in [7, 11) is 2.25. The maximum atomic E-state index is 3.27. The standard InChI is InChI=1S/C9H17IN2/c1-12-5-8-2-7(4-11-10)3-9(8)6-12/h7-9,11H,2-6H2,1H3. The van der Waals surface area contributed by atoms with Crippen molar-refractivity contribution >= 4 is 22.9 Å². The van der Waals surface area contributed by atoms with Crippen molar-refractivity contribution in [3.05, 3.63) is 0 Å². The summed E-state index contributed by atoms with van der Waals surface area (Å²) in [6.45, 7) is 3.92. The predicted octanol–water partition coefficient (Wildman–Crippen LogP) is 1.51. The van der Waals surface area contributed by atoms with E-state index in [0.29, 0.717) is 0 Å². The van der Waals surface area contributed by atoms with Gasteiger partial charge in [0.05, 0.1) is 0 Å². The van der Waals surface area contributed by atoms with E-state index in [1.165, 1.54) is 32.5 Å². The molecule has 0 amide bonds. The maximum Gasteiger partial charge on any atom is 0.0169 e. The second-order valence-corrected chi connectivity index (χ2v) is 5.18. The van der Waals surface area contributed by atoms with Gasteiger partial charge in [0.1, 0.15) is 0 Å². The van der Waals surface area contributed by atoms with Crippen molar-refractivity contribution in [1.82, 2.24) is 8.43 Å². The van der Waals surface area contributed by atoms with E-state index in [9.17, 15) is 0 Å². The van der Waals surface area contributed by atoms with Gasteiger partial charge in [-0.05, 0) is 37.6 Å². The summed E-state index contributed by atoms with van der Waals surface area (Å²) < 4.78 is 3.27. The van der Waals surface area contributed by atoms with Gasteiger partial charge in [0, 0.05) is 42.5 Å². The monoisotopic (exact) mass is 280 g/mol. The van der Waals surface area contributed by atoms with E-state index in [1.54, 1.807) is 0 Å². The fraction of sp³-hybridized carbons (Fsp3) is 1.00. The molecule has 0 aromatic rings. The lowest BCUT2D eigenvalue weighted by Gasteiger charge is -2.13. The van der Waals surface area contributed by atoms with Crippen LogP contribution in [-0.2, 0) is 0 Å². The Kier molecular flexibility index (Phi) is 2.92. The Balaban J connectivity index is 1.85. The van der Waals surface area contributed by atoms with Crippen molar-refractivity contribution in [2.45, 2.75) is 12.8 Å². The molecular formula is C9H17IN2. The highest BCUT2D eigenvalue weighted by molar-refractivity contribution is 14.1. The van der Waals surface area contributed by atoms with Crippen LogP contribution in [0.2, 0.25) is 0 Å². The minimum Gasteiger partial charge on any atom is -0.306 e. The average molecular weight is 280 g/mol. The lowest BCUT2D eigenvalue weighted by atomic mass is 10.0. The molecule has 1 saturated carbocycles. The number of nitrogens with one attached hydrogen (secondary N) is 1. The molecule has 1 saturated heterocycles. The molecule has 3 heteroatoms. The van der Waals surface area contributed by atoms with Crippen LogP contribution in [0.3, 0.4) is 0 Å². The lowest BCUT2D eigenvalue weighted by molar-refractivity contribution is 0.355. The van der Waals surface area contributed by atoms with Gasteiger partial charge in [0.15, 0.2) is 0 Å². The highest BCUT2D eigenvalue weighted by atomic mass is 127. The Morgan fingerprint density at radius 1 is 1.33 bits per heavy atom. The molecule has 0 spiro atoms. The van der Waals surface area contributed by atoms with Crippen molar-refractivity contribution in [3.8, 4) is 0 Å². The van der Waals surface area contributed by atoms with Crippen LogP contribution in [0.4, 0.5) is 0 Å². The molecule has 1 N–H and O–H groups in total. The summed E-state index contributed by atoms with van der Waals surface area (Å²) in [4.78, 5) is 2.49. The van der Waals surface area contributed by atoms with Gasteiger partial charge in [-0.15, -0.1) is 0 Å². The molecule has 2 atom stereocenters. The first-order valence-corrected chi connectivity index (χ1v) is 5.89. The fourth-order valence-corrected chi connectivity index (χ4v) is 3.56. The summed E-state index contributed by atoms with van der Waals surface area (Å²) in [6.07, 6.45) is 2.93. The van der Waals surface area contributed by atoms with Gasteiger partial charge in [-0.1, -0.05) is 0 Å². The van der Waals surface area contributed by atoms with Crippen LogP contribution < -0.4 is 3.53 Å². The number of likely N-dealkylation sites (tertiary alicyclic amines) is 1. The Morgan fingerprint density at radius 2 is 1.92 bits per heavy atom. The number of halogens is 1. The van der Waals surface area contributed by atoms with Crippen molar-refractivity contribution in [2.75, 3.05) is 26.7 Å². The molecule has 2 nitrogen and oxygen atoms in total. The largest absolute Gasteiger partial charge is 0.306 e. The molecule has 2 rings (SSSR count). The van der Waals surface area contributed by atoms with Gasteiger partial charge < -0.3 is 4.90 Å². The van der Waals surface area contributed by atoms with Crippen molar-refractivity contribution in [1.29, 1.82) is 0 Å². The molecule has 1 heterocycles. The third kappa shape index (κ3) is 1.77. The van der Waals surface area contributed by atoms with Gasteiger partial charge in [-0.25, -0.2) is 0 Å². The molecule has 2 fully saturated rings. The second-order valence-electron chi connectivity index (χ2n) is 4.42. The fourth-order valence-electron chi connectivity index (χ4n) is 2.94. The number of hydrogen-bond acceptors (Lipinski definition) is 2. The Hall–Kier alpha value is 0.650. The third-order valence-corrected chi connectivity index (χ3v) is 3.84. The quantitative estimate of drug-likeness (QED) is 0.609. The van der Waals surface area contributed by atoms with E-state index >= 15 is 0 Å². The summed E-state index contributed by atoms with van der Waals surface area (Å²) in [6, 6.07) is 0. The summed E-state index contributed by atoms with van der Waals surface area (Å²) in [5.74, 6) is 3.00. The maximum absolute atomic E-state index is 3.27. The molecule has 1 aliphatic carbocycles. The topological polar surface area (TPSA) is 15.3 Å². The zero-order chi connectivity index (χ0) is 8.55. The summed E-state index contributed by atoms with van der Waals surface area (Å²) in [5.41, 5.74) is 0. The molecule has 2 aliphatic rings. The first kappa shape index (κ1) is 9.21. The Bertz CT molecular complexity index is 149. The van der Waals surface area contributed by atoms with Crippen LogP contribution in [0, 0.1) is 17.8 Å². The van der Waals surface area contributed by atoms with Crippen molar-refractivity contribution in [2.24, 2.45) is 17.8 Å². The lowest BCUT2D eigenvalue weighted by Crippen LogP contribution is -2.19. The SMILES string of the molecule is CN1CC2CC(CNI)CC2C1. The number of nitrogens with zero attached hydrogens (tertiary/aromatic N) is 1. The molecule has 0 radical (unpaired) electrons. The van der Waals surface area contributed by atoms with Crippen LogP contribution >= 0.6 is 22.9 Å².